The third-order valence-corrected chi connectivity index (χ3v) is 3.05. The molecule has 0 radical (unpaired) electrons. The molecule has 0 saturated carbocycles. The molecule has 1 unspecified atom stereocenters. The Labute approximate surface area is 110 Å². The van der Waals surface area contributed by atoms with E-state index in [-0.39, 0.29) is 25.1 Å². The van der Waals surface area contributed by atoms with Crippen LogP contribution in [0.3, 0.4) is 0 Å². The zero-order chi connectivity index (χ0) is 14.7. The van der Waals surface area contributed by atoms with Crippen LogP contribution in [0.2, 0.25) is 0 Å². The second-order valence-corrected chi connectivity index (χ2v) is 5.21. The zero-order valence-corrected chi connectivity index (χ0v) is 11.0. The number of halogens is 4. The Morgan fingerprint density at radius 2 is 1.79 bits per heavy atom. The lowest BCUT2D eigenvalue weighted by Crippen LogP contribution is -2.28. The van der Waals surface area contributed by atoms with Crippen LogP contribution in [0.1, 0.15) is 37.3 Å². The second kappa shape index (κ2) is 5.90. The summed E-state index contributed by atoms with van der Waals surface area (Å²) in [5.74, 6) is -0.363. The minimum atomic E-state index is -4.19. The van der Waals surface area contributed by atoms with Gasteiger partial charge in [0, 0.05) is 12.8 Å². The largest absolute Gasteiger partial charge is 0.390 e. The number of benzene rings is 1. The molecule has 0 aliphatic heterocycles. The van der Waals surface area contributed by atoms with Gasteiger partial charge in [0.1, 0.15) is 5.82 Å². The highest BCUT2D eigenvalue weighted by molar-refractivity contribution is 5.27. The van der Waals surface area contributed by atoms with Gasteiger partial charge in [0.05, 0.1) is 5.60 Å². The van der Waals surface area contributed by atoms with Crippen molar-refractivity contribution < 1.29 is 22.7 Å². The molecule has 1 atom stereocenters. The first kappa shape index (κ1) is 16.0. The molecule has 1 aromatic rings. The molecule has 19 heavy (non-hydrogen) atoms. The van der Waals surface area contributed by atoms with Crippen LogP contribution in [0.25, 0.3) is 0 Å². The highest BCUT2D eigenvalue weighted by atomic mass is 19.4. The summed E-state index contributed by atoms with van der Waals surface area (Å²) in [6.07, 6.45) is -4.93. The van der Waals surface area contributed by atoms with Crippen molar-refractivity contribution in [2.24, 2.45) is 0 Å². The van der Waals surface area contributed by atoms with E-state index in [0.29, 0.717) is 5.56 Å². The molecule has 0 spiro atoms. The molecule has 1 rings (SSSR count). The van der Waals surface area contributed by atoms with Crippen LogP contribution in [0.4, 0.5) is 17.6 Å². The highest BCUT2D eigenvalue weighted by Crippen LogP contribution is 2.27. The summed E-state index contributed by atoms with van der Waals surface area (Å²) in [5.41, 5.74) is 0.225. The minimum absolute atomic E-state index is 0.0589. The fourth-order valence-corrected chi connectivity index (χ4v) is 2.03. The van der Waals surface area contributed by atoms with Crippen molar-refractivity contribution in [2.45, 2.75) is 51.3 Å². The van der Waals surface area contributed by atoms with Gasteiger partial charge >= 0.3 is 6.18 Å². The van der Waals surface area contributed by atoms with Crippen molar-refractivity contribution in [3.8, 4) is 0 Å². The predicted octanol–water partition coefficient (Wildman–Crippen LogP) is 4.16. The Morgan fingerprint density at radius 3 is 2.32 bits per heavy atom. The van der Waals surface area contributed by atoms with E-state index >= 15 is 0 Å². The summed E-state index contributed by atoms with van der Waals surface area (Å²) in [5, 5.41) is 10.1. The van der Waals surface area contributed by atoms with Crippen LogP contribution in [0.15, 0.2) is 18.2 Å². The Morgan fingerprint density at radius 1 is 1.16 bits per heavy atom. The molecule has 1 nitrogen and oxygen atoms in total. The summed E-state index contributed by atoms with van der Waals surface area (Å²) in [6.45, 7) is 3.22. The van der Waals surface area contributed by atoms with Crippen molar-refractivity contribution in [1.29, 1.82) is 0 Å². The van der Waals surface area contributed by atoms with Crippen molar-refractivity contribution in [1.82, 2.24) is 0 Å². The number of hydrogen-bond acceptors (Lipinski definition) is 1. The molecule has 1 N–H and O–H groups in total. The number of aryl methyl sites for hydroxylation is 1. The molecule has 5 heteroatoms. The molecule has 0 aromatic heterocycles. The number of rotatable bonds is 5. The number of alkyl halides is 3. The molecule has 1 aromatic carbocycles. The molecule has 0 fully saturated rings. The van der Waals surface area contributed by atoms with E-state index in [0.717, 1.165) is 5.56 Å². The maximum atomic E-state index is 12.9. The van der Waals surface area contributed by atoms with Crippen LogP contribution in [0, 0.1) is 12.7 Å². The van der Waals surface area contributed by atoms with Gasteiger partial charge in [0.2, 0.25) is 0 Å². The third-order valence-electron chi connectivity index (χ3n) is 3.05. The van der Waals surface area contributed by atoms with Gasteiger partial charge in [-0.05, 0) is 49.9 Å². The quantitative estimate of drug-likeness (QED) is 0.802. The molecule has 0 aliphatic rings. The number of hydrogen-bond donors (Lipinski definition) is 1. The molecule has 0 amide bonds. The van der Waals surface area contributed by atoms with Gasteiger partial charge in [-0.2, -0.15) is 13.2 Å². The van der Waals surface area contributed by atoms with E-state index in [1.165, 1.54) is 19.1 Å². The van der Waals surface area contributed by atoms with Crippen molar-refractivity contribution in [3.05, 3.63) is 35.1 Å². The smallest absolute Gasteiger partial charge is 0.389 e. The topological polar surface area (TPSA) is 20.2 Å². The maximum absolute atomic E-state index is 12.9. The lowest BCUT2D eigenvalue weighted by Gasteiger charge is -2.24. The first-order valence-electron chi connectivity index (χ1n) is 6.13. The standard InChI is InChI=1S/C14H18F4O/c1-10-8-12(15)5-4-11(10)9-13(2,19)6-3-7-14(16,17)18/h4-5,8,19H,3,6-7,9H2,1-2H3. The Balaban J connectivity index is 2.58. The minimum Gasteiger partial charge on any atom is -0.390 e. The molecule has 108 valence electrons. The first-order valence-corrected chi connectivity index (χ1v) is 6.13. The lowest BCUT2D eigenvalue weighted by molar-refractivity contribution is -0.137. The Kier molecular flexibility index (Phi) is 4.96. The van der Waals surface area contributed by atoms with Gasteiger partial charge in [-0.1, -0.05) is 6.07 Å². The van der Waals surface area contributed by atoms with E-state index < -0.39 is 18.2 Å². The first-order chi connectivity index (χ1) is 8.59. The lowest BCUT2D eigenvalue weighted by atomic mass is 9.89. The Hall–Kier alpha value is -1.10. The van der Waals surface area contributed by atoms with Crippen LogP contribution in [0.5, 0.6) is 0 Å². The van der Waals surface area contributed by atoms with Gasteiger partial charge < -0.3 is 5.11 Å². The number of aliphatic hydroxyl groups is 1. The van der Waals surface area contributed by atoms with Gasteiger partial charge in [0.15, 0.2) is 0 Å². The summed E-state index contributed by atoms with van der Waals surface area (Å²) in [7, 11) is 0. The second-order valence-electron chi connectivity index (χ2n) is 5.21. The fourth-order valence-electron chi connectivity index (χ4n) is 2.03. The van der Waals surface area contributed by atoms with Gasteiger partial charge in [0.25, 0.3) is 0 Å². The van der Waals surface area contributed by atoms with Crippen LogP contribution < -0.4 is 0 Å². The van der Waals surface area contributed by atoms with Gasteiger partial charge in [-0.25, -0.2) is 4.39 Å². The molecule has 0 aliphatic carbocycles. The van der Waals surface area contributed by atoms with Gasteiger partial charge in [-0.15, -0.1) is 0 Å². The SMILES string of the molecule is Cc1cc(F)ccc1CC(C)(O)CCCC(F)(F)F. The normalized spacial score (nSPS) is 15.3. The van der Waals surface area contributed by atoms with Crippen molar-refractivity contribution >= 4 is 0 Å². The third kappa shape index (κ3) is 6.05. The highest BCUT2D eigenvalue weighted by Gasteiger charge is 2.29. The summed E-state index contributed by atoms with van der Waals surface area (Å²) >= 11 is 0. The summed E-state index contributed by atoms with van der Waals surface area (Å²) < 4.78 is 49.1. The van der Waals surface area contributed by atoms with Crippen LogP contribution in [-0.2, 0) is 6.42 Å². The van der Waals surface area contributed by atoms with E-state index in [1.807, 2.05) is 0 Å². The monoisotopic (exact) mass is 278 g/mol. The zero-order valence-electron chi connectivity index (χ0n) is 11.0. The average molecular weight is 278 g/mol. The van der Waals surface area contributed by atoms with Gasteiger partial charge in [-0.3, -0.25) is 0 Å². The fraction of sp³-hybridized carbons (Fsp3) is 0.571. The van der Waals surface area contributed by atoms with E-state index in [2.05, 4.69) is 0 Å². The molecule has 0 saturated heterocycles. The van der Waals surface area contributed by atoms with E-state index in [4.69, 9.17) is 0 Å². The molecule has 0 heterocycles. The van der Waals surface area contributed by atoms with Crippen LogP contribution >= 0.6 is 0 Å². The van der Waals surface area contributed by atoms with Crippen LogP contribution in [-0.4, -0.2) is 16.9 Å². The van der Waals surface area contributed by atoms with Crippen molar-refractivity contribution in [3.63, 3.8) is 0 Å². The van der Waals surface area contributed by atoms with Crippen molar-refractivity contribution in [2.75, 3.05) is 0 Å². The summed E-state index contributed by atoms with van der Waals surface area (Å²) in [6, 6.07) is 4.19. The maximum Gasteiger partial charge on any atom is 0.389 e. The Bertz CT molecular complexity index is 424. The predicted molar refractivity (Wildman–Crippen MR) is 65.4 cm³/mol. The van der Waals surface area contributed by atoms with E-state index in [1.54, 1.807) is 13.0 Å². The summed E-state index contributed by atoms with van der Waals surface area (Å²) in [4.78, 5) is 0. The molecular weight excluding hydrogens is 260 g/mol. The van der Waals surface area contributed by atoms with E-state index in [9.17, 15) is 22.7 Å². The average Bonchev–Trinajstić information content (AvgIpc) is 2.20. The molecule has 0 bridgehead atoms. The molecular formula is C14H18F4O.